The fourth-order valence-corrected chi connectivity index (χ4v) is 3.81. The number of aryl methyl sites for hydroxylation is 2. The molecule has 8 heteroatoms. The summed E-state index contributed by atoms with van der Waals surface area (Å²) in [7, 11) is 0. The minimum Gasteiger partial charge on any atom is -0.382 e. The van der Waals surface area contributed by atoms with Crippen LogP contribution in [0.1, 0.15) is 34.5 Å². The molecule has 0 saturated carbocycles. The molecule has 0 spiro atoms. The topological polar surface area (TPSA) is 68.5 Å². The van der Waals surface area contributed by atoms with E-state index < -0.39 is 11.9 Å². The molecule has 3 aromatic rings. The van der Waals surface area contributed by atoms with Crippen LogP contribution in [0.3, 0.4) is 0 Å². The van der Waals surface area contributed by atoms with Gasteiger partial charge in [0.2, 0.25) is 6.10 Å². The van der Waals surface area contributed by atoms with E-state index in [4.69, 9.17) is 16.4 Å². The zero-order chi connectivity index (χ0) is 22.1. The molecule has 0 fully saturated rings. The van der Waals surface area contributed by atoms with E-state index in [1.807, 2.05) is 25.5 Å². The summed E-state index contributed by atoms with van der Waals surface area (Å²) < 4.78 is 16.0. The molecule has 6 nitrogen and oxygen atoms in total. The average Bonchev–Trinajstić information content (AvgIpc) is 3.31. The van der Waals surface area contributed by atoms with Crippen molar-refractivity contribution in [3.05, 3.63) is 81.4 Å². The van der Waals surface area contributed by atoms with Crippen molar-refractivity contribution >= 4 is 28.9 Å². The van der Waals surface area contributed by atoms with E-state index in [1.54, 1.807) is 6.07 Å². The van der Waals surface area contributed by atoms with Gasteiger partial charge in [0.1, 0.15) is 5.82 Å². The summed E-state index contributed by atoms with van der Waals surface area (Å²) in [6.07, 6.45) is -0.743. The fourth-order valence-electron chi connectivity index (χ4n) is 3.54. The molecule has 1 aliphatic heterocycles. The molecule has 31 heavy (non-hydrogen) atoms. The molecule has 1 N–H and O–H groups in total. The molecule has 1 unspecified atom stereocenters. The number of nitrogens with zero attached hydrogens (tertiary/aromatic N) is 3. The van der Waals surface area contributed by atoms with Crippen LogP contribution in [-0.4, -0.2) is 27.5 Å². The Labute approximate surface area is 184 Å². The second-order valence-corrected chi connectivity index (χ2v) is 8.02. The van der Waals surface area contributed by atoms with Crippen LogP contribution in [0.4, 0.5) is 10.1 Å². The van der Waals surface area contributed by atoms with E-state index in [9.17, 15) is 9.18 Å². The molecule has 0 radical (unpaired) electrons. The van der Waals surface area contributed by atoms with Gasteiger partial charge in [-0.1, -0.05) is 52.7 Å². The van der Waals surface area contributed by atoms with Crippen molar-refractivity contribution in [3.63, 3.8) is 0 Å². The van der Waals surface area contributed by atoms with Gasteiger partial charge in [-0.2, -0.15) is 5.10 Å². The highest BCUT2D eigenvalue weighted by Crippen LogP contribution is 2.27. The summed E-state index contributed by atoms with van der Waals surface area (Å²) in [4.78, 5) is 18.1. The number of hydrogen-bond donors (Lipinski definition) is 1. The summed E-state index contributed by atoms with van der Waals surface area (Å²) >= 11 is 6.10. The van der Waals surface area contributed by atoms with Gasteiger partial charge in [0, 0.05) is 6.42 Å². The molecule has 2 aromatic carbocycles. The molecule has 2 heterocycles. The first-order valence-corrected chi connectivity index (χ1v) is 10.3. The molecular formula is C23H22ClFN4O2. The van der Waals surface area contributed by atoms with Crippen molar-refractivity contribution in [3.8, 4) is 0 Å². The first-order valence-electron chi connectivity index (χ1n) is 9.91. The zero-order valence-electron chi connectivity index (χ0n) is 17.4. The maximum absolute atomic E-state index is 14.2. The number of rotatable bonds is 5. The second kappa shape index (κ2) is 8.51. The number of nitrogens with one attached hydrogen (secondary N) is 1. The van der Waals surface area contributed by atoms with E-state index in [0.717, 1.165) is 11.3 Å². The Morgan fingerprint density at radius 2 is 1.97 bits per heavy atom. The molecule has 160 valence electrons. The van der Waals surface area contributed by atoms with Crippen LogP contribution in [0.25, 0.3) is 0 Å². The second-order valence-electron chi connectivity index (χ2n) is 7.61. The fraction of sp³-hybridized carbons (Fsp3) is 0.261. The molecule has 1 amide bonds. The first kappa shape index (κ1) is 21.1. The third kappa shape index (κ3) is 4.32. The minimum absolute atomic E-state index is 0.127. The van der Waals surface area contributed by atoms with Crippen molar-refractivity contribution in [2.75, 3.05) is 5.32 Å². The highest BCUT2D eigenvalue weighted by Gasteiger charge is 2.32. The van der Waals surface area contributed by atoms with Crippen molar-refractivity contribution in [1.82, 2.24) is 9.78 Å². The van der Waals surface area contributed by atoms with Gasteiger partial charge in [0.25, 0.3) is 5.91 Å². The van der Waals surface area contributed by atoms with Crippen LogP contribution in [0.5, 0.6) is 0 Å². The number of amides is 1. The van der Waals surface area contributed by atoms with Crippen molar-refractivity contribution in [2.24, 2.45) is 5.16 Å². The molecule has 1 aliphatic rings. The van der Waals surface area contributed by atoms with E-state index in [0.29, 0.717) is 23.6 Å². The molecule has 0 aliphatic carbocycles. The third-order valence-electron chi connectivity index (χ3n) is 5.30. The molecule has 1 atom stereocenters. The molecule has 1 aromatic heterocycles. The lowest BCUT2D eigenvalue weighted by Crippen LogP contribution is -2.28. The maximum Gasteiger partial charge on any atom is 0.268 e. The van der Waals surface area contributed by atoms with Gasteiger partial charge in [-0.3, -0.25) is 9.48 Å². The highest BCUT2D eigenvalue weighted by atomic mass is 35.5. The summed E-state index contributed by atoms with van der Waals surface area (Å²) in [5.74, 6) is -0.868. The third-order valence-corrected chi connectivity index (χ3v) is 5.61. The summed E-state index contributed by atoms with van der Waals surface area (Å²) in [5, 5.41) is 11.6. The molecule has 0 bridgehead atoms. The van der Waals surface area contributed by atoms with Crippen LogP contribution in [0, 0.1) is 26.6 Å². The van der Waals surface area contributed by atoms with E-state index in [-0.39, 0.29) is 22.9 Å². The Morgan fingerprint density at radius 3 is 2.68 bits per heavy atom. The predicted octanol–water partition coefficient (Wildman–Crippen LogP) is 4.78. The minimum atomic E-state index is -0.870. The first-order chi connectivity index (χ1) is 14.8. The molecule has 0 saturated heterocycles. The van der Waals surface area contributed by atoms with Gasteiger partial charge in [0.05, 0.1) is 39.9 Å². The number of halogens is 2. The molecule has 4 rings (SSSR count). The lowest BCUT2D eigenvalue weighted by Gasteiger charge is -2.11. The van der Waals surface area contributed by atoms with Crippen LogP contribution in [0.2, 0.25) is 5.02 Å². The average molecular weight is 441 g/mol. The SMILES string of the molecule is Cc1ccc(Cn2nc(C)c(NC(=O)C3CC(c4c(F)cccc4Cl)=NO3)c2C)cc1. The standard InChI is InChI=1S/C23H22ClFN4O2/c1-13-7-9-16(10-8-13)12-29-15(3)22(14(2)27-29)26-23(30)20-11-19(28-31-20)21-17(24)5-4-6-18(21)25/h4-10,20H,11-12H2,1-3H3,(H,26,30). The van der Waals surface area contributed by atoms with Crippen molar-refractivity contribution in [1.29, 1.82) is 0 Å². The maximum atomic E-state index is 14.2. The quantitative estimate of drug-likeness (QED) is 0.620. The van der Waals surface area contributed by atoms with Crippen LogP contribution >= 0.6 is 11.6 Å². The molecular weight excluding hydrogens is 419 g/mol. The number of benzene rings is 2. The van der Waals surface area contributed by atoms with E-state index >= 15 is 0 Å². The summed E-state index contributed by atoms with van der Waals surface area (Å²) in [6, 6.07) is 12.6. The zero-order valence-corrected chi connectivity index (χ0v) is 18.2. The van der Waals surface area contributed by atoms with Gasteiger partial charge in [-0.15, -0.1) is 0 Å². The van der Waals surface area contributed by atoms with Crippen LogP contribution < -0.4 is 5.32 Å². The Hall–Kier alpha value is -3.19. The summed E-state index contributed by atoms with van der Waals surface area (Å²) in [6.45, 7) is 6.38. The summed E-state index contributed by atoms with van der Waals surface area (Å²) in [5.41, 5.74) is 4.97. The highest BCUT2D eigenvalue weighted by molar-refractivity contribution is 6.34. The van der Waals surface area contributed by atoms with Gasteiger partial charge in [0.15, 0.2) is 0 Å². The number of hydrogen-bond acceptors (Lipinski definition) is 4. The largest absolute Gasteiger partial charge is 0.382 e. The number of aromatic nitrogens is 2. The van der Waals surface area contributed by atoms with Crippen LogP contribution in [-0.2, 0) is 16.2 Å². The van der Waals surface area contributed by atoms with E-state index in [2.05, 4.69) is 39.8 Å². The van der Waals surface area contributed by atoms with Gasteiger partial charge in [-0.05, 0) is 38.5 Å². The van der Waals surface area contributed by atoms with Gasteiger partial charge < -0.3 is 10.2 Å². The smallest absolute Gasteiger partial charge is 0.268 e. The van der Waals surface area contributed by atoms with Gasteiger partial charge >= 0.3 is 0 Å². The Morgan fingerprint density at radius 1 is 1.23 bits per heavy atom. The number of oxime groups is 1. The van der Waals surface area contributed by atoms with Crippen molar-refractivity contribution < 1.29 is 14.0 Å². The normalized spacial score (nSPS) is 15.5. The van der Waals surface area contributed by atoms with E-state index in [1.165, 1.54) is 17.7 Å². The van der Waals surface area contributed by atoms with Crippen molar-refractivity contribution in [2.45, 2.75) is 39.8 Å². The van der Waals surface area contributed by atoms with Gasteiger partial charge in [-0.25, -0.2) is 4.39 Å². The Balaban J connectivity index is 1.46. The Bertz CT molecular complexity index is 1150. The number of carbonyl (C=O) groups is 1. The monoisotopic (exact) mass is 440 g/mol. The lowest BCUT2D eigenvalue weighted by molar-refractivity contribution is -0.125. The Kier molecular flexibility index (Phi) is 5.78. The number of carbonyl (C=O) groups excluding carboxylic acids is 1. The number of anilines is 1. The lowest BCUT2D eigenvalue weighted by atomic mass is 10.0. The predicted molar refractivity (Wildman–Crippen MR) is 118 cm³/mol. The van der Waals surface area contributed by atoms with Crippen LogP contribution in [0.15, 0.2) is 47.6 Å².